The predicted octanol–water partition coefficient (Wildman–Crippen LogP) is -1.09. The van der Waals surface area contributed by atoms with Gasteiger partial charge in [-0.3, -0.25) is 10.4 Å². The van der Waals surface area contributed by atoms with Gasteiger partial charge in [0.25, 0.3) is 0 Å². The first-order valence-corrected chi connectivity index (χ1v) is 4.59. The normalized spacial score (nSPS) is 15.8. The van der Waals surface area contributed by atoms with Crippen LogP contribution in [0.5, 0.6) is 0 Å². The average molecular weight is 185 g/mol. The molecule has 0 saturated heterocycles. The number of aromatic amines is 1. The molecule has 0 bridgehead atoms. The molecule has 6 heteroatoms. The molecule has 5 nitrogen and oxygen atoms in total. The number of nitrogens with zero attached hydrogens (tertiary/aromatic N) is 1. The number of rotatable bonds is 0. The highest BCUT2D eigenvalue weighted by atomic mass is 32.2. The highest BCUT2D eigenvalue weighted by Gasteiger charge is 2.17. The molecule has 1 aromatic heterocycles. The smallest absolute Gasteiger partial charge is 0.233 e. The zero-order chi connectivity index (χ0) is 8.55. The van der Waals surface area contributed by atoms with Crippen LogP contribution in [-0.4, -0.2) is 30.1 Å². The molecular formula is C6H7N3O2S. The van der Waals surface area contributed by atoms with Crippen molar-refractivity contribution in [3.05, 3.63) is 17.5 Å². The number of hydrogen-bond acceptors (Lipinski definition) is 3. The van der Waals surface area contributed by atoms with Gasteiger partial charge in [-0.05, 0) is 0 Å². The summed E-state index contributed by atoms with van der Waals surface area (Å²) in [5.74, 6) is 0. The molecule has 64 valence electrons. The minimum atomic E-state index is -2.20. The highest BCUT2D eigenvalue weighted by Crippen LogP contribution is 2.08. The molecule has 0 amide bonds. The second kappa shape index (κ2) is 2.72. The Kier molecular flexibility index (Phi) is 1.70. The Morgan fingerprint density at radius 2 is 2.33 bits per heavy atom. The Labute approximate surface area is 70.3 Å². The van der Waals surface area contributed by atoms with Crippen molar-refractivity contribution < 1.29 is 8.42 Å². The van der Waals surface area contributed by atoms with Crippen LogP contribution in [0.2, 0.25) is 0 Å². The molecule has 0 fully saturated rings. The van der Waals surface area contributed by atoms with Crippen LogP contribution in [0.1, 0.15) is 11.3 Å². The first kappa shape index (κ1) is 7.51. The summed E-state index contributed by atoms with van der Waals surface area (Å²) in [5, 5.41) is 9.34. The molecule has 1 aliphatic heterocycles. The van der Waals surface area contributed by atoms with Crippen molar-refractivity contribution in [1.29, 1.82) is 0 Å². The van der Waals surface area contributed by atoms with E-state index in [1.54, 1.807) is 0 Å². The fraction of sp³-hybridized carbons (Fsp3) is 0.333. The zero-order valence-electron chi connectivity index (χ0n) is 6.16. The number of fused-ring (bicyclic) bond motifs is 1. The van der Waals surface area contributed by atoms with Crippen molar-refractivity contribution >= 4 is 15.3 Å². The quantitative estimate of drug-likeness (QED) is 0.504. The van der Waals surface area contributed by atoms with E-state index in [1.807, 2.05) is 0 Å². The van der Waals surface area contributed by atoms with Gasteiger partial charge in [0.2, 0.25) is 10.3 Å². The molecule has 0 saturated carbocycles. The van der Waals surface area contributed by atoms with Gasteiger partial charge in [-0.2, -0.15) is 13.5 Å². The Bertz CT molecular complexity index is 423. The predicted molar refractivity (Wildman–Crippen MR) is 43.3 cm³/mol. The summed E-state index contributed by atoms with van der Waals surface area (Å²) in [6.45, 7) is 0.637. The third kappa shape index (κ3) is 1.05. The lowest BCUT2D eigenvalue weighted by molar-refractivity contribution is 0.626. The van der Waals surface area contributed by atoms with Gasteiger partial charge in [0, 0.05) is 24.2 Å². The SMILES string of the molecule is O=S(=O)=C1NCCc2[nH]ncc21. The average Bonchev–Trinajstić information content (AvgIpc) is 2.49. The fourth-order valence-corrected chi connectivity index (χ4v) is 1.82. The van der Waals surface area contributed by atoms with Gasteiger partial charge >= 0.3 is 0 Å². The van der Waals surface area contributed by atoms with E-state index in [4.69, 9.17) is 0 Å². The standard InChI is InChI=1S/C6H7N3O2S/c10-12(11)6-4-3-8-9-5(4)1-2-7-6/h3,7H,1-2H2,(H,8,9). The summed E-state index contributed by atoms with van der Waals surface area (Å²) >= 11 is 0. The van der Waals surface area contributed by atoms with Crippen LogP contribution in [0, 0.1) is 0 Å². The van der Waals surface area contributed by atoms with Crippen molar-refractivity contribution in [1.82, 2.24) is 15.5 Å². The van der Waals surface area contributed by atoms with E-state index in [9.17, 15) is 8.42 Å². The third-order valence-electron chi connectivity index (χ3n) is 1.79. The van der Waals surface area contributed by atoms with Crippen molar-refractivity contribution in [3.63, 3.8) is 0 Å². The van der Waals surface area contributed by atoms with Gasteiger partial charge in [-0.25, -0.2) is 0 Å². The summed E-state index contributed by atoms with van der Waals surface area (Å²) < 4.78 is 21.3. The molecule has 2 N–H and O–H groups in total. The molecule has 1 aliphatic rings. The highest BCUT2D eigenvalue weighted by molar-refractivity contribution is 7.73. The minimum absolute atomic E-state index is 0.241. The lowest BCUT2D eigenvalue weighted by Gasteiger charge is -2.11. The Hall–Kier alpha value is -1.14. The first-order chi connectivity index (χ1) is 5.79. The number of hydrogen-bond donors (Lipinski definition) is 2. The first-order valence-electron chi connectivity index (χ1n) is 3.52. The molecule has 0 radical (unpaired) electrons. The van der Waals surface area contributed by atoms with E-state index >= 15 is 0 Å². The van der Waals surface area contributed by atoms with Crippen LogP contribution in [-0.2, 0) is 16.7 Å². The second-order valence-electron chi connectivity index (χ2n) is 2.50. The Morgan fingerprint density at radius 3 is 3.08 bits per heavy atom. The van der Waals surface area contributed by atoms with Gasteiger partial charge in [0.15, 0.2) is 0 Å². The van der Waals surface area contributed by atoms with Crippen molar-refractivity contribution in [2.75, 3.05) is 6.54 Å². The van der Waals surface area contributed by atoms with E-state index in [0.717, 1.165) is 12.1 Å². The molecule has 1 aromatic rings. The van der Waals surface area contributed by atoms with Gasteiger partial charge in [-0.15, -0.1) is 0 Å². The second-order valence-corrected chi connectivity index (χ2v) is 3.38. The van der Waals surface area contributed by atoms with E-state index in [2.05, 4.69) is 15.5 Å². The molecule has 0 aliphatic carbocycles. The molecular weight excluding hydrogens is 178 g/mol. The maximum Gasteiger partial charge on any atom is 0.233 e. The number of aromatic nitrogens is 2. The van der Waals surface area contributed by atoms with Crippen LogP contribution >= 0.6 is 0 Å². The van der Waals surface area contributed by atoms with Gasteiger partial charge < -0.3 is 0 Å². The maximum atomic E-state index is 10.7. The lowest BCUT2D eigenvalue weighted by atomic mass is 10.1. The van der Waals surface area contributed by atoms with E-state index < -0.39 is 10.3 Å². The molecule has 0 aromatic carbocycles. The van der Waals surface area contributed by atoms with Gasteiger partial charge in [-0.1, -0.05) is 0 Å². The zero-order valence-corrected chi connectivity index (χ0v) is 6.98. The van der Waals surface area contributed by atoms with Gasteiger partial charge in [0.1, 0.15) is 4.99 Å². The monoisotopic (exact) mass is 185 g/mol. The Morgan fingerprint density at radius 1 is 1.50 bits per heavy atom. The van der Waals surface area contributed by atoms with Crippen molar-refractivity contribution in [2.24, 2.45) is 0 Å². The molecule has 0 spiro atoms. The molecule has 2 heterocycles. The van der Waals surface area contributed by atoms with Crippen molar-refractivity contribution in [2.45, 2.75) is 6.42 Å². The van der Waals surface area contributed by atoms with E-state index in [-0.39, 0.29) is 4.99 Å². The Balaban J connectivity index is 2.67. The topological polar surface area (TPSA) is 74.8 Å². The molecule has 0 unspecified atom stereocenters. The van der Waals surface area contributed by atoms with Crippen molar-refractivity contribution in [3.8, 4) is 0 Å². The van der Waals surface area contributed by atoms with E-state index in [1.165, 1.54) is 6.20 Å². The number of nitrogens with one attached hydrogen (secondary N) is 2. The summed E-state index contributed by atoms with van der Waals surface area (Å²) in [4.78, 5) is 0.241. The third-order valence-corrected chi connectivity index (χ3v) is 2.49. The maximum absolute atomic E-state index is 10.7. The summed E-state index contributed by atoms with van der Waals surface area (Å²) in [5.41, 5.74) is 1.54. The van der Waals surface area contributed by atoms with E-state index in [0.29, 0.717) is 12.1 Å². The minimum Gasteiger partial charge on any atom is -0.282 e. The summed E-state index contributed by atoms with van der Waals surface area (Å²) in [7, 11) is -2.20. The number of H-pyrrole nitrogens is 1. The lowest BCUT2D eigenvalue weighted by Crippen LogP contribution is -2.32. The van der Waals surface area contributed by atoms with Crippen LogP contribution in [0.3, 0.4) is 0 Å². The fourth-order valence-electron chi connectivity index (χ4n) is 1.24. The van der Waals surface area contributed by atoms with Crippen LogP contribution in [0.4, 0.5) is 0 Å². The van der Waals surface area contributed by atoms with Gasteiger partial charge in [0.05, 0.1) is 6.20 Å². The van der Waals surface area contributed by atoms with Crippen LogP contribution in [0.25, 0.3) is 0 Å². The molecule has 0 atom stereocenters. The van der Waals surface area contributed by atoms with Crippen LogP contribution in [0.15, 0.2) is 6.20 Å². The molecule has 2 rings (SSSR count). The summed E-state index contributed by atoms with van der Waals surface area (Å²) in [6.07, 6.45) is 2.31. The molecule has 12 heavy (non-hydrogen) atoms. The largest absolute Gasteiger partial charge is 0.282 e. The van der Waals surface area contributed by atoms with Crippen LogP contribution < -0.4 is 5.32 Å². The summed E-state index contributed by atoms with van der Waals surface area (Å²) in [6, 6.07) is 0.